The van der Waals surface area contributed by atoms with E-state index in [4.69, 9.17) is 5.73 Å². The average Bonchev–Trinajstić information content (AvgIpc) is 2.47. The third-order valence-corrected chi connectivity index (χ3v) is 4.19. The second-order valence-electron chi connectivity index (χ2n) is 4.31. The molecule has 2 aromatic rings. The lowest BCUT2D eigenvalue weighted by atomic mass is 10.0. The fourth-order valence-corrected chi connectivity index (χ4v) is 2.49. The van der Waals surface area contributed by atoms with Gasteiger partial charge in [-0.2, -0.15) is 0 Å². The van der Waals surface area contributed by atoms with Crippen molar-refractivity contribution >= 4 is 21.6 Å². The molecule has 1 amide bonds. The zero-order valence-electron chi connectivity index (χ0n) is 11.4. The van der Waals surface area contributed by atoms with Crippen LogP contribution in [0.4, 0.5) is 5.69 Å². The maximum Gasteiger partial charge on any atom is 0.249 e. The minimum absolute atomic E-state index is 0.0567. The molecule has 2 rings (SSSR count). The highest BCUT2D eigenvalue weighted by molar-refractivity contribution is 7.92. The summed E-state index contributed by atoms with van der Waals surface area (Å²) < 4.78 is 25.9. The van der Waals surface area contributed by atoms with E-state index in [0.717, 1.165) is 0 Å². The standard InChI is InChI=1S/C14H15N3O3S/c1-2-21(19,20)17-12-8-5-9-16-13(12)10-6-3-4-7-11(10)14(15)18/h3-9,17H,2H2,1H3,(H2,15,18). The minimum atomic E-state index is -3.44. The van der Waals surface area contributed by atoms with Gasteiger partial charge in [0.2, 0.25) is 15.9 Å². The van der Waals surface area contributed by atoms with Gasteiger partial charge in [-0.05, 0) is 25.1 Å². The molecule has 0 atom stereocenters. The Bertz CT molecular complexity index is 773. The SMILES string of the molecule is CCS(=O)(=O)Nc1cccnc1-c1ccccc1C(N)=O. The Kier molecular flexibility index (Phi) is 4.23. The topological polar surface area (TPSA) is 102 Å². The van der Waals surface area contributed by atoms with E-state index in [9.17, 15) is 13.2 Å². The van der Waals surface area contributed by atoms with Gasteiger partial charge in [-0.15, -0.1) is 0 Å². The quantitative estimate of drug-likeness (QED) is 0.876. The lowest BCUT2D eigenvalue weighted by Gasteiger charge is -2.12. The summed E-state index contributed by atoms with van der Waals surface area (Å²) in [7, 11) is -3.44. The molecule has 6 nitrogen and oxygen atoms in total. The summed E-state index contributed by atoms with van der Waals surface area (Å²) in [6, 6.07) is 9.87. The van der Waals surface area contributed by atoms with Crippen molar-refractivity contribution in [3.8, 4) is 11.3 Å². The lowest BCUT2D eigenvalue weighted by Crippen LogP contribution is -2.16. The van der Waals surface area contributed by atoms with E-state index in [0.29, 0.717) is 16.9 Å². The van der Waals surface area contributed by atoms with Crippen molar-refractivity contribution < 1.29 is 13.2 Å². The van der Waals surface area contributed by atoms with Crippen molar-refractivity contribution in [3.05, 3.63) is 48.2 Å². The van der Waals surface area contributed by atoms with Crippen LogP contribution in [0.15, 0.2) is 42.6 Å². The molecule has 3 N–H and O–H groups in total. The van der Waals surface area contributed by atoms with Gasteiger partial charge >= 0.3 is 0 Å². The van der Waals surface area contributed by atoms with Crippen molar-refractivity contribution in [3.63, 3.8) is 0 Å². The van der Waals surface area contributed by atoms with Crippen LogP contribution in [0.5, 0.6) is 0 Å². The number of nitrogens with zero attached hydrogens (tertiary/aromatic N) is 1. The average molecular weight is 305 g/mol. The van der Waals surface area contributed by atoms with Crippen molar-refractivity contribution in [2.75, 3.05) is 10.5 Å². The molecule has 0 bridgehead atoms. The molecule has 0 unspecified atom stereocenters. The second-order valence-corrected chi connectivity index (χ2v) is 6.33. The summed E-state index contributed by atoms with van der Waals surface area (Å²) in [5.41, 5.74) is 6.80. The van der Waals surface area contributed by atoms with E-state index in [1.807, 2.05) is 0 Å². The number of nitrogens with one attached hydrogen (secondary N) is 1. The summed E-state index contributed by atoms with van der Waals surface area (Å²) in [5.74, 6) is -0.653. The smallest absolute Gasteiger partial charge is 0.249 e. The van der Waals surface area contributed by atoms with Crippen LogP contribution >= 0.6 is 0 Å². The summed E-state index contributed by atoms with van der Waals surface area (Å²) in [6.07, 6.45) is 1.52. The van der Waals surface area contributed by atoms with Crippen LogP contribution in [0.25, 0.3) is 11.3 Å². The van der Waals surface area contributed by atoms with Gasteiger partial charge in [0.05, 0.1) is 17.1 Å². The number of hydrogen-bond donors (Lipinski definition) is 2. The van der Waals surface area contributed by atoms with Crippen molar-refractivity contribution in [1.82, 2.24) is 4.98 Å². The first-order chi connectivity index (χ1) is 9.94. The van der Waals surface area contributed by atoms with Crippen molar-refractivity contribution in [1.29, 1.82) is 0 Å². The molecule has 1 heterocycles. The molecule has 21 heavy (non-hydrogen) atoms. The van der Waals surface area contributed by atoms with Gasteiger partial charge in [0.25, 0.3) is 0 Å². The molecule has 1 aromatic heterocycles. The van der Waals surface area contributed by atoms with Crippen LogP contribution in [0.3, 0.4) is 0 Å². The van der Waals surface area contributed by atoms with Gasteiger partial charge in [-0.1, -0.05) is 18.2 Å². The number of anilines is 1. The molecule has 0 saturated heterocycles. The highest BCUT2D eigenvalue weighted by atomic mass is 32.2. The highest BCUT2D eigenvalue weighted by Crippen LogP contribution is 2.28. The van der Waals surface area contributed by atoms with Gasteiger partial charge in [0, 0.05) is 17.3 Å². The fraction of sp³-hybridized carbons (Fsp3) is 0.143. The number of hydrogen-bond acceptors (Lipinski definition) is 4. The predicted molar refractivity (Wildman–Crippen MR) is 81.3 cm³/mol. The molecule has 0 fully saturated rings. The number of benzene rings is 1. The first-order valence-electron chi connectivity index (χ1n) is 6.29. The van der Waals surface area contributed by atoms with Gasteiger partial charge in [-0.25, -0.2) is 8.42 Å². The fourth-order valence-electron chi connectivity index (χ4n) is 1.85. The Hall–Kier alpha value is -2.41. The third kappa shape index (κ3) is 3.38. The first kappa shape index (κ1) is 15.0. The van der Waals surface area contributed by atoms with Gasteiger partial charge < -0.3 is 5.73 Å². The lowest BCUT2D eigenvalue weighted by molar-refractivity contribution is 0.100. The number of pyridine rings is 1. The number of rotatable bonds is 5. The Balaban J connectivity index is 2.59. The Morgan fingerprint density at radius 3 is 2.62 bits per heavy atom. The van der Waals surface area contributed by atoms with Crippen molar-refractivity contribution in [2.24, 2.45) is 5.73 Å². The largest absolute Gasteiger partial charge is 0.366 e. The summed E-state index contributed by atoms with van der Waals surface area (Å²) >= 11 is 0. The molecule has 0 saturated carbocycles. The second kappa shape index (κ2) is 5.92. The van der Waals surface area contributed by atoms with Crippen LogP contribution in [0, 0.1) is 0 Å². The van der Waals surface area contributed by atoms with E-state index in [-0.39, 0.29) is 11.3 Å². The first-order valence-corrected chi connectivity index (χ1v) is 7.94. The molecule has 0 aliphatic carbocycles. The maximum atomic E-state index is 11.7. The van der Waals surface area contributed by atoms with Gasteiger partial charge in [0.15, 0.2) is 0 Å². The molecule has 110 valence electrons. The van der Waals surface area contributed by atoms with Crippen molar-refractivity contribution in [2.45, 2.75) is 6.92 Å². The summed E-state index contributed by atoms with van der Waals surface area (Å²) in [4.78, 5) is 15.7. The monoisotopic (exact) mass is 305 g/mol. The third-order valence-electron chi connectivity index (χ3n) is 2.90. The van der Waals surface area contributed by atoms with E-state index < -0.39 is 15.9 Å². The van der Waals surface area contributed by atoms with Crippen LogP contribution in [-0.4, -0.2) is 25.1 Å². The van der Waals surface area contributed by atoms with Crippen LogP contribution in [0.1, 0.15) is 17.3 Å². The molecule has 0 radical (unpaired) electrons. The van der Waals surface area contributed by atoms with E-state index in [1.165, 1.54) is 13.1 Å². The minimum Gasteiger partial charge on any atom is -0.366 e. The molecule has 0 aliphatic heterocycles. The zero-order chi connectivity index (χ0) is 15.5. The number of amides is 1. The maximum absolute atomic E-state index is 11.7. The number of nitrogens with two attached hydrogens (primary N) is 1. The summed E-state index contributed by atoms with van der Waals surface area (Å²) in [5, 5.41) is 0. The Morgan fingerprint density at radius 1 is 1.24 bits per heavy atom. The number of primary amides is 1. The molecule has 7 heteroatoms. The van der Waals surface area contributed by atoms with Crippen LogP contribution in [0.2, 0.25) is 0 Å². The van der Waals surface area contributed by atoms with E-state index in [1.54, 1.807) is 36.4 Å². The molecule has 0 aliphatic rings. The predicted octanol–water partition coefficient (Wildman–Crippen LogP) is 1.61. The Labute approximate surface area is 123 Å². The number of aromatic nitrogens is 1. The van der Waals surface area contributed by atoms with E-state index >= 15 is 0 Å². The number of carbonyl (C=O) groups is 1. The number of sulfonamides is 1. The van der Waals surface area contributed by atoms with E-state index in [2.05, 4.69) is 9.71 Å². The molecule has 0 spiro atoms. The highest BCUT2D eigenvalue weighted by Gasteiger charge is 2.16. The Morgan fingerprint density at radius 2 is 1.95 bits per heavy atom. The van der Waals surface area contributed by atoms with Gasteiger partial charge in [-0.3, -0.25) is 14.5 Å². The number of carbonyl (C=O) groups excluding carboxylic acids is 1. The normalized spacial score (nSPS) is 11.1. The molecular weight excluding hydrogens is 290 g/mol. The molecular formula is C14H15N3O3S. The summed E-state index contributed by atoms with van der Waals surface area (Å²) in [6.45, 7) is 1.54. The zero-order valence-corrected chi connectivity index (χ0v) is 12.2. The van der Waals surface area contributed by atoms with Gasteiger partial charge in [0.1, 0.15) is 0 Å². The van der Waals surface area contributed by atoms with Crippen LogP contribution in [-0.2, 0) is 10.0 Å². The van der Waals surface area contributed by atoms with Crippen LogP contribution < -0.4 is 10.5 Å². The molecule has 1 aromatic carbocycles.